The first-order chi connectivity index (χ1) is 8.98. The third-order valence-electron chi connectivity index (χ3n) is 2.05. The summed E-state index contributed by atoms with van der Waals surface area (Å²) in [6.45, 7) is 12.0. The summed E-state index contributed by atoms with van der Waals surface area (Å²) < 4.78 is 38.1. The molecule has 0 atom stereocenters. The van der Waals surface area contributed by atoms with Crippen LogP contribution in [0.25, 0.3) is 0 Å². The van der Waals surface area contributed by atoms with Gasteiger partial charge in [0.2, 0.25) is 0 Å². The Morgan fingerprint density at radius 2 is 1.25 bits per heavy atom. The van der Waals surface area contributed by atoms with E-state index in [1.165, 1.54) is 11.8 Å². The van der Waals surface area contributed by atoms with Crippen LogP contribution in [-0.2, 0) is 4.29 Å². The van der Waals surface area contributed by atoms with Crippen LogP contribution in [0.1, 0.15) is 41.5 Å². The van der Waals surface area contributed by atoms with Gasteiger partial charge < -0.3 is 0 Å². The summed E-state index contributed by atoms with van der Waals surface area (Å²) in [4.78, 5) is 0.661. The first kappa shape index (κ1) is 19.0. The lowest BCUT2D eigenvalue weighted by Crippen LogP contribution is -2.63. The summed E-state index contributed by atoms with van der Waals surface area (Å²) in [7, 11) is -4.45. The maximum atomic E-state index is 11.1. The predicted octanol–water partition coefficient (Wildman–Crippen LogP) is 1.25. The quantitative estimate of drug-likeness (QED) is 0.602. The fraction of sp³-hybridized carbons (Fsp3) is 0.833. The second-order valence-corrected chi connectivity index (χ2v) is 11.1. The van der Waals surface area contributed by atoms with Gasteiger partial charge in [0, 0.05) is 15.7 Å². The minimum absolute atomic E-state index is 0.153. The summed E-state index contributed by atoms with van der Waals surface area (Å²) >= 11 is 4.50. The van der Waals surface area contributed by atoms with Crippen LogP contribution in [0.3, 0.4) is 0 Å². The molecule has 4 nitrogen and oxygen atoms in total. The molecule has 0 aromatic heterocycles. The molecule has 0 amide bonds. The molecule has 0 unspecified atom stereocenters. The van der Waals surface area contributed by atoms with E-state index in [1.807, 2.05) is 41.5 Å². The SMILES string of the molecule is CC(C)SC1=C(SC(C)C)C1(O[Cl+3]([O-])([O-])[O-])SC(C)C. The Hall–Kier alpha value is 0.920. The van der Waals surface area contributed by atoms with E-state index < -0.39 is 15.2 Å². The zero-order chi connectivity index (χ0) is 15.7. The van der Waals surface area contributed by atoms with Crippen molar-refractivity contribution in [1.29, 1.82) is 0 Å². The van der Waals surface area contributed by atoms with Crippen LogP contribution >= 0.6 is 35.3 Å². The van der Waals surface area contributed by atoms with Gasteiger partial charge in [-0.2, -0.15) is 14.0 Å². The molecule has 1 rings (SSSR count). The first-order valence-electron chi connectivity index (χ1n) is 6.35. The molecule has 1 aliphatic carbocycles. The van der Waals surface area contributed by atoms with E-state index in [4.69, 9.17) is 4.29 Å². The van der Waals surface area contributed by atoms with E-state index in [0.29, 0.717) is 10.5 Å². The van der Waals surface area contributed by atoms with Gasteiger partial charge in [0.15, 0.2) is 0 Å². The third kappa shape index (κ3) is 5.28. The summed E-state index contributed by atoms with van der Waals surface area (Å²) in [5, 5.41) is 0.758. The minimum atomic E-state index is -4.45. The molecular formula is C12H21ClO4S3. The Bertz CT molecular complexity index is 357. The van der Waals surface area contributed by atoms with Gasteiger partial charge in [-0.3, -0.25) is 0 Å². The average molecular weight is 361 g/mol. The van der Waals surface area contributed by atoms with Crippen molar-refractivity contribution in [2.75, 3.05) is 0 Å². The molecule has 0 aromatic rings. The van der Waals surface area contributed by atoms with E-state index >= 15 is 0 Å². The van der Waals surface area contributed by atoms with Crippen LogP contribution in [0.5, 0.6) is 0 Å². The van der Waals surface area contributed by atoms with Gasteiger partial charge in [-0.15, -0.1) is 23.5 Å². The number of halogens is 1. The van der Waals surface area contributed by atoms with Crippen molar-refractivity contribution in [3.8, 4) is 0 Å². The van der Waals surface area contributed by atoms with Crippen LogP contribution in [0.4, 0.5) is 0 Å². The smallest absolute Gasteiger partial charge is 0.183 e. The van der Waals surface area contributed by atoms with Crippen molar-refractivity contribution in [3.63, 3.8) is 0 Å². The lowest BCUT2D eigenvalue weighted by atomic mass is 10.6. The van der Waals surface area contributed by atoms with E-state index in [0.717, 1.165) is 9.81 Å². The molecule has 0 saturated carbocycles. The Labute approximate surface area is 135 Å². The van der Waals surface area contributed by atoms with Crippen molar-refractivity contribution in [1.82, 2.24) is 0 Å². The number of hydrogen-bond acceptors (Lipinski definition) is 7. The fourth-order valence-corrected chi connectivity index (χ4v) is 6.52. The molecule has 0 spiro atoms. The molecule has 0 N–H and O–H groups in total. The van der Waals surface area contributed by atoms with Gasteiger partial charge in [-0.05, 0) is 0 Å². The molecular weight excluding hydrogens is 340 g/mol. The Morgan fingerprint density at radius 3 is 1.50 bits per heavy atom. The zero-order valence-electron chi connectivity index (χ0n) is 12.5. The van der Waals surface area contributed by atoms with Crippen molar-refractivity contribution in [2.45, 2.75) is 62.2 Å². The van der Waals surface area contributed by atoms with Crippen LogP contribution in [0, 0.1) is 10.2 Å². The highest BCUT2D eigenvalue weighted by atomic mass is 35.7. The molecule has 1 aliphatic rings. The summed E-state index contributed by atoms with van der Waals surface area (Å²) in [6, 6.07) is 0. The summed E-state index contributed by atoms with van der Waals surface area (Å²) in [5.74, 6) is 0. The first-order valence-corrected chi connectivity index (χ1v) is 10.2. The van der Waals surface area contributed by atoms with Gasteiger partial charge >= 0.3 is 4.93 Å². The monoisotopic (exact) mass is 360 g/mol. The van der Waals surface area contributed by atoms with E-state index in [2.05, 4.69) is 0 Å². The highest BCUT2D eigenvalue weighted by Crippen LogP contribution is 2.67. The maximum Gasteiger partial charge on any atom is 0.332 e. The lowest BCUT2D eigenvalue weighted by Gasteiger charge is -2.21. The number of rotatable bonds is 8. The van der Waals surface area contributed by atoms with Crippen molar-refractivity contribution < 1.29 is 28.5 Å². The van der Waals surface area contributed by atoms with Crippen LogP contribution < -0.4 is 14.0 Å². The van der Waals surface area contributed by atoms with Gasteiger partial charge in [-0.25, -0.2) is 0 Å². The summed E-state index contributed by atoms with van der Waals surface area (Å²) in [5.41, 5.74) is 0. The Kier molecular flexibility index (Phi) is 6.64. The second-order valence-electron chi connectivity index (χ2n) is 5.23. The average Bonchev–Trinajstić information content (AvgIpc) is 2.66. The predicted molar refractivity (Wildman–Crippen MR) is 79.0 cm³/mol. The standard InChI is InChI=1S/C12H21ClO4S3/c1-7(2)18-10-11(19-8(3)4)12(10,20-9(5)6)17-13(14,15)16/h7-9H,1-6H3. The van der Waals surface area contributed by atoms with Crippen LogP contribution in [0.2, 0.25) is 0 Å². The molecule has 8 heteroatoms. The van der Waals surface area contributed by atoms with Crippen LogP contribution in [0.15, 0.2) is 9.81 Å². The highest BCUT2D eigenvalue weighted by molar-refractivity contribution is 8.13. The second kappa shape index (κ2) is 7.00. The largest absolute Gasteiger partial charge is 0.332 e. The topological polar surface area (TPSA) is 78.4 Å². The lowest BCUT2D eigenvalue weighted by molar-refractivity contribution is -1.92. The third-order valence-corrected chi connectivity index (χ3v) is 6.65. The van der Waals surface area contributed by atoms with Crippen molar-refractivity contribution >= 4 is 35.3 Å². The maximum absolute atomic E-state index is 11.1. The molecule has 0 aliphatic heterocycles. The zero-order valence-corrected chi connectivity index (χ0v) is 15.7. The van der Waals surface area contributed by atoms with E-state index in [9.17, 15) is 14.0 Å². The molecule has 0 saturated heterocycles. The van der Waals surface area contributed by atoms with Crippen molar-refractivity contribution in [3.05, 3.63) is 9.81 Å². The fourth-order valence-electron chi connectivity index (χ4n) is 1.60. The molecule has 0 aromatic carbocycles. The minimum Gasteiger partial charge on any atom is -0.183 e. The van der Waals surface area contributed by atoms with Gasteiger partial charge in [0.05, 0.1) is 24.3 Å². The number of thioether (sulfide) groups is 3. The molecule has 0 bridgehead atoms. The number of hydrogen-bond donors (Lipinski definition) is 0. The molecule has 0 fully saturated rings. The van der Waals surface area contributed by atoms with Gasteiger partial charge in [0.25, 0.3) is 0 Å². The van der Waals surface area contributed by atoms with E-state index in [-0.39, 0.29) is 5.25 Å². The Morgan fingerprint density at radius 1 is 0.850 bits per heavy atom. The molecule has 0 heterocycles. The molecule has 118 valence electrons. The molecule has 0 radical (unpaired) electrons. The van der Waals surface area contributed by atoms with E-state index in [1.54, 1.807) is 23.5 Å². The van der Waals surface area contributed by atoms with Gasteiger partial charge in [-0.1, -0.05) is 53.3 Å². The van der Waals surface area contributed by atoms with Gasteiger partial charge in [0.1, 0.15) is 0 Å². The molecule has 20 heavy (non-hydrogen) atoms. The Balaban J connectivity index is 2.98. The van der Waals surface area contributed by atoms with Crippen molar-refractivity contribution in [2.24, 2.45) is 0 Å². The normalized spacial score (nSPS) is 18.6. The van der Waals surface area contributed by atoms with Crippen LogP contribution in [-0.4, -0.2) is 20.7 Å². The summed E-state index contributed by atoms with van der Waals surface area (Å²) in [6.07, 6.45) is 0. The highest BCUT2D eigenvalue weighted by Gasteiger charge is 2.68.